The zero-order chi connectivity index (χ0) is 25.0. The first-order chi connectivity index (χ1) is 15.2. The topological polar surface area (TPSA) is 120 Å². The van der Waals surface area contributed by atoms with Crippen LogP contribution in [0.3, 0.4) is 0 Å². The van der Waals surface area contributed by atoms with Crippen molar-refractivity contribution in [3.8, 4) is 17.1 Å². The van der Waals surface area contributed by atoms with Gasteiger partial charge in [0.15, 0.2) is 11.3 Å². The Bertz CT molecular complexity index is 981. The maximum Gasteiger partial charge on any atom is 0.422 e. The summed E-state index contributed by atoms with van der Waals surface area (Å²) in [4.78, 5) is 19.9. The van der Waals surface area contributed by atoms with Gasteiger partial charge in [0, 0.05) is 18.9 Å². The lowest BCUT2D eigenvalue weighted by Gasteiger charge is -2.26. The van der Waals surface area contributed by atoms with Crippen molar-refractivity contribution < 1.29 is 45.7 Å². The summed E-state index contributed by atoms with van der Waals surface area (Å²) in [6.07, 6.45) is -8.96. The third-order valence-corrected chi connectivity index (χ3v) is 4.35. The number of pyridine rings is 2. The number of carbonyl (C=O) groups excluding carboxylic acids is 1. The summed E-state index contributed by atoms with van der Waals surface area (Å²) in [5.41, 5.74) is -1.55. The average molecular weight is 482 g/mol. The predicted octanol–water partition coefficient (Wildman–Crippen LogP) is 2.81. The van der Waals surface area contributed by atoms with Gasteiger partial charge in [0.05, 0.1) is 24.5 Å². The molecular formula is C19H20F6N4O4. The van der Waals surface area contributed by atoms with Crippen molar-refractivity contribution in [2.45, 2.75) is 24.9 Å². The van der Waals surface area contributed by atoms with Crippen LogP contribution in [0.15, 0.2) is 24.4 Å². The lowest BCUT2D eigenvalue weighted by atomic mass is 10.0. The highest BCUT2D eigenvalue weighted by Crippen LogP contribution is 2.45. The minimum absolute atomic E-state index is 0.127. The van der Waals surface area contributed by atoms with Gasteiger partial charge in [-0.15, -0.1) is 0 Å². The molecule has 0 aliphatic heterocycles. The predicted molar refractivity (Wildman–Crippen MR) is 103 cm³/mol. The molecule has 0 aromatic carbocycles. The van der Waals surface area contributed by atoms with Crippen LogP contribution in [-0.2, 0) is 10.9 Å². The van der Waals surface area contributed by atoms with Gasteiger partial charge in [-0.3, -0.25) is 9.78 Å². The second-order valence-electron chi connectivity index (χ2n) is 6.94. The number of amides is 1. The van der Waals surface area contributed by atoms with Gasteiger partial charge in [-0.25, -0.2) is 4.98 Å². The van der Waals surface area contributed by atoms with E-state index in [1.165, 1.54) is 31.5 Å². The number of ether oxygens (including phenoxy) is 2. The van der Waals surface area contributed by atoms with Crippen LogP contribution >= 0.6 is 0 Å². The van der Waals surface area contributed by atoms with Crippen LogP contribution in [0.2, 0.25) is 0 Å². The summed E-state index contributed by atoms with van der Waals surface area (Å²) in [7, 11) is 1.27. The number of hydrogen-bond acceptors (Lipinski definition) is 7. The zero-order valence-corrected chi connectivity index (χ0v) is 17.3. The van der Waals surface area contributed by atoms with Gasteiger partial charge in [-0.05, 0) is 19.1 Å². The lowest BCUT2D eigenvalue weighted by Crippen LogP contribution is -2.51. The molecule has 0 bridgehead atoms. The molecule has 4 N–H and O–H groups in total. The van der Waals surface area contributed by atoms with Crippen molar-refractivity contribution in [1.29, 1.82) is 0 Å². The van der Waals surface area contributed by atoms with E-state index in [4.69, 9.17) is 15.2 Å². The monoisotopic (exact) mass is 482 g/mol. The number of anilines is 1. The number of nitrogens with zero attached hydrogens (tertiary/aromatic N) is 2. The Morgan fingerprint density at radius 3 is 2.36 bits per heavy atom. The highest BCUT2D eigenvalue weighted by atomic mass is 19.4. The van der Waals surface area contributed by atoms with Crippen molar-refractivity contribution in [1.82, 2.24) is 15.3 Å². The maximum absolute atomic E-state index is 14.0. The largest absolute Gasteiger partial charge is 0.475 e. The molecule has 0 aliphatic carbocycles. The minimum atomic E-state index is -5.09. The van der Waals surface area contributed by atoms with Crippen molar-refractivity contribution in [2.24, 2.45) is 0 Å². The number of aliphatic hydroxyl groups is 1. The second-order valence-corrected chi connectivity index (χ2v) is 6.94. The fraction of sp³-hybridized carbons (Fsp3) is 0.421. The SMILES string of the molecule is COCCOc1nc(C(=O)NCC(C)(O)C(F)(F)F)c(N)c(-c2ccccn2)c1C(F)(F)F. The van der Waals surface area contributed by atoms with E-state index in [-0.39, 0.29) is 18.9 Å². The highest BCUT2D eigenvalue weighted by molar-refractivity contribution is 6.01. The van der Waals surface area contributed by atoms with Crippen LogP contribution < -0.4 is 15.8 Å². The molecular weight excluding hydrogens is 462 g/mol. The molecule has 2 rings (SSSR count). The quantitative estimate of drug-likeness (QED) is 0.391. The van der Waals surface area contributed by atoms with Gasteiger partial charge in [-0.1, -0.05) is 6.07 Å². The number of hydrogen-bond donors (Lipinski definition) is 3. The highest BCUT2D eigenvalue weighted by Gasteiger charge is 2.50. The molecule has 1 amide bonds. The summed E-state index contributed by atoms with van der Waals surface area (Å²) in [6, 6.07) is 3.99. The Labute approximate surface area is 183 Å². The summed E-state index contributed by atoms with van der Waals surface area (Å²) < 4.78 is 90.3. The molecule has 0 aliphatic rings. The van der Waals surface area contributed by atoms with Crippen LogP contribution in [-0.4, -0.2) is 59.6 Å². The number of rotatable bonds is 8. The molecule has 2 aromatic rings. The number of methoxy groups -OCH3 is 1. The standard InChI is InChI=1S/C19H20F6N4O4/c1-17(31,19(23,24)25)9-28-15(30)14-13(26)11(10-5-3-4-6-27-10)12(18(20,21)22)16(29-14)33-8-7-32-2/h3-6,31H,7-9,26H2,1-2H3,(H,28,30). The number of carbonyl (C=O) groups is 1. The molecule has 0 saturated carbocycles. The van der Waals surface area contributed by atoms with Gasteiger partial charge >= 0.3 is 12.4 Å². The van der Waals surface area contributed by atoms with Gasteiger partial charge in [-0.2, -0.15) is 26.3 Å². The van der Waals surface area contributed by atoms with E-state index >= 15 is 0 Å². The minimum Gasteiger partial charge on any atom is -0.475 e. The second kappa shape index (κ2) is 9.79. The number of nitrogen functional groups attached to an aromatic ring is 1. The van der Waals surface area contributed by atoms with E-state index in [2.05, 4.69) is 9.97 Å². The molecule has 1 atom stereocenters. The molecule has 2 heterocycles. The molecule has 8 nitrogen and oxygen atoms in total. The van der Waals surface area contributed by atoms with Crippen LogP contribution in [0.1, 0.15) is 23.0 Å². The molecule has 0 saturated heterocycles. The van der Waals surface area contributed by atoms with Crippen LogP contribution in [0.5, 0.6) is 5.88 Å². The van der Waals surface area contributed by atoms with E-state index in [9.17, 15) is 36.2 Å². The summed E-state index contributed by atoms with van der Waals surface area (Å²) in [5.74, 6) is -2.40. The van der Waals surface area contributed by atoms with Crippen molar-refractivity contribution in [3.63, 3.8) is 0 Å². The summed E-state index contributed by atoms with van der Waals surface area (Å²) >= 11 is 0. The first-order valence-electron chi connectivity index (χ1n) is 9.21. The molecule has 33 heavy (non-hydrogen) atoms. The normalized spacial score (nSPS) is 14.0. The first kappa shape index (κ1) is 26.1. The van der Waals surface area contributed by atoms with Gasteiger partial charge in [0.25, 0.3) is 5.91 Å². The molecule has 0 spiro atoms. The first-order valence-corrected chi connectivity index (χ1v) is 9.21. The summed E-state index contributed by atoms with van der Waals surface area (Å²) in [5, 5.41) is 11.3. The number of nitrogens with two attached hydrogens (primary N) is 1. The Balaban J connectivity index is 2.64. The fourth-order valence-corrected chi connectivity index (χ4v) is 2.55. The lowest BCUT2D eigenvalue weighted by molar-refractivity contribution is -0.249. The number of halogens is 6. The van der Waals surface area contributed by atoms with Crippen molar-refractivity contribution >= 4 is 11.6 Å². The molecule has 2 aromatic heterocycles. The zero-order valence-electron chi connectivity index (χ0n) is 17.3. The van der Waals surface area contributed by atoms with Crippen LogP contribution in [0.25, 0.3) is 11.3 Å². The fourth-order valence-electron chi connectivity index (χ4n) is 2.55. The molecule has 0 radical (unpaired) electrons. The molecule has 1 unspecified atom stereocenters. The van der Waals surface area contributed by atoms with E-state index in [1.807, 2.05) is 0 Å². The molecule has 14 heteroatoms. The van der Waals surface area contributed by atoms with Crippen molar-refractivity contribution in [3.05, 3.63) is 35.7 Å². The number of alkyl halides is 6. The van der Waals surface area contributed by atoms with Gasteiger partial charge in [0.1, 0.15) is 12.2 Å². The van der Waals surface area contributed by atoms with Crippen LogP contribution in [0.4, 0.5) is 32.0 Å². The molecule has 0 fully saturated rings. The van der Waals surface area contributed by atoms with Gasteiger partial charge < -0.3 is 25.6 Å². The average Bonchev–Trinajstić information content (AvgIpc) is 2.71. The Kier molecular flexibility index (Phi) is 7.75. The van der Waals surface area contributed by atoms with E-state index in [1.54, 1.807) is 5.32 Å². The number of aromatic nitrogens is 2. The third-order valence-electron chi connectivity index (χ3n) is 4.35. The van der Waals surface area contributed by atoms with Crippen molar-refractivity contribution in [2.75, 3.05) is 32.6 Å². The smallest absolute Gasteiger partial charge is 0.422 e. The number of nitrogens with one attached hydrogen (secondary N) is 1. The van der Waals surface area contributed by atoms with E-state index < -0.39 is 58.8 Å². The summed E-state index contributed by atoms with van der Waals surface area (Å²) in [6.45, 7) is -1.41. The Hall–Kier alpha value is -3.13. The van der Waals surface area contributed by atoms with E-state index in [0.29, 0.717) is 6.92 Å². The van der Waals surface area contributed by atoms with Gasteiger partial charge in [0.2, 0.25) is 5.88 Å². The van der Waals surface area contributed by atoms with E-state index in [0.717, 1.165) is 0 Å². The Morgan fingerprint density at radius 1 is 1.18 bits per heavy atom. The Morgan fingerprint density at radius 2 is 1.85 bits per heavy atom. The maximum atomic E-state index is 14.0. The van der Waals surface area contributed by atoms with Crippen LogP contribution in [0, 0.1) is 0 Å². The molecule has 182 valence electrons. The third kappa shape index (κ3) is 6.01.